The third-order valence-corrected chi connectivity index (χ3v) is 3.71. The maximum atomic E-state index is 12.8. The molecular formula is C16H14F6N2S. The van der Waals surface area contributed by atoms with Gasteiger partial charge in [-0.05, 0) is 49.3 Å². The smallest absolute Gasteiger partial charge is 0.356 e. The molecule has 2 nitrogen and oxygen atoms in total. The zero-order valence-corrected chi connectivity index (χ0v) is 13.7. The second-order valence-corrected chi connectivity index (χ2v) is 5.87. The number of benzene rings is 1. The van der Waals surface area contributed by atoms with Crippen LogP contribution in [-0.4, -0.2) is 11.2 Å². The normalized spacial score (nSPS) is 15.7. The molecule has 0 unspecified atom stereocenters. The standard InChI is InChI=1S/C16H14F6N2S/c1-9(10-4-2-3-5-10)23-14(25)24-13-7-11(15(17,18)19)6-12(8-13)16(20,21)22/h2,4-9H,3H2,1H3,(H2,23,24,25)/t9-/m0/s1. The van der Waals surface area contributed by atoms with Crippen molar-refractivity contribution >= 4 is 23.0 Å². The Morgan fingerprint density at radius 2 is 1.60 bits per heavy atom. The highest BCUT2D eigenvalue weighted by molar-refractivity contribution is 7.80. The second-order valence-electron chi connectivity index (χ2n) is 5.46. The molecule has 0 radical (unpaired) electrons. The van der Waals surface area contributed by atoms with Gasteiger partial charge in [-0.3, -0.25) is 0 Å². The highest BCUT2D eigenvalue weighted by atomic mass is 32.1. The Balaban J connectivity index is 2.20. The largest absolute Gasteiger partial charge is 0.416 e. The van der Waals surface area contributed by atoms with Crippen molar-refractivity contribution in [1.29, 1.82) is 0 Å². The lowest BCUT2D eigenvalue weighted by Crippen LogP contribution is -2.36. The first-order valence-electron chi connectivity index (χ1n) is 7.20. The summed E-state index contributed by atoms with van der Waals surface area (Å²) in [5.41, 5.74) is -2.25. The van der Waals surface area contributed by atoms with E-state index in [4.69, 9.17) is 12.2 Å². The van der Waals surface area contributed by atoms with E-state index in [0.29, 0.717) is 12.1 Å². The Bertz CT molecular complexity index is 686. The molecule has 0 saturated carbocycles. The number of halogens is 6. The Hall–Kier alpha value is -2.03. The monoisotopic (exact) mass is 380 g/mol. The summed E-state index contributed by atoms with van der Waals surface area (Å²) < 4.78 is 77.0. The predicted molar refractivity (Wildman–Crippen MR) is 87.1 cm³/mol. The Labute approximate surface area is 145 Å². The van der Waals surface area contributed by atoms with Crippen molar-refractivity contribution in [2.24, 2.45) is 0 Å². The van der Waals surface area contributed by atoms with Gasteiger partial charge in [0, 0.05) is 5.69 Å². The van der Waals surface area contributed by atoms with E-state index in [1.807, 2.05) is 18.2 Å². The van der Waals surface area contributed by atoms with Crippen molar-refractivity contribution < 1.29 is 26.3 Å². The van der Waals surface area contributed by atoms with Crippen LogP contribution in [0, 0.1) is 0 Å². The van der Waals surface area contributed by atoms with Crippen LogP contribution in [-0.2, 0) is 12.4 Å². The number of anilines is 1. The van der Waals surface area contributed by atoms with Gasteiger partial charge in [-0.1, -0.05) is 18.2 Å². The van der Waals surface area contributed by atoms with Gasteiger partial charge < -0.3 is 10.6 Å². The average Bonchev–Trinajstić information content (AvgIpc) is 2.99. The van der Waals surface area contributed by atoms with Gasteiger partial charge in [0.15, 0.2) is 5.11 Å². The van der Waals surface area contributed by atoms with Gasteiger partial charge in [-0.15, -0.1) is 0 Å². The summed E-state index contributed by atoms with van der Waals surface area (Å²) in [6.45, 7) is 1.78. The van der Waals surface area contributed by atoms with E-state index in [-0.39, 0.29) is 22.9 Å². The van der Waals surface area contributed by atoms with Crippen molar-refractivity contribution in [3.8, 4) is 0 Å². The van der Waals surface area contributed by atoms with Crippen LogP contribution < -0.4 is 10.6 Å². The fourth-order valence-electron chi connectivity index (χ4n) is 2.27. The third kappa shape index (κ3) is 5.22. The van der Waals surface area contributed by atoms with E-state index in [2.05, 4.69) is 10.6 Å². The minimum Gasteiger partial charge on any atom is -0.356 e. The Morgan fingerprint density at radius 1 is 1.04 bits per heavy atom. The molecule has 0 aromatic heterocycles. The van der Waals surface area contributed by atoms with Crippen molar-refractivity contribution in [3.05, 3.63) is 53.1 Å². The third-order valence-electron chi connectivity index (χ3n) is 3.49. The van der Waals surface area contributed by atoms with Crippen molar-refractivity contribution in [3.63, 3.8) is 0 Å². The summed E-state index contributed by atoms with van der Waals surface area (Å²) in [5, 5.41) is 5.15. The first-order valence-corrected chi connectivity index (χ1v) is 7.61. The topological polar surface area (TPSA) is 24.1 Å². The minimum absolute atomic E-state index is 0.0679. The maximum absolute atomic E-state index is 12.8. The van der Waals surface area contributed by atoms with Crippen LogP contribution in [0.4, 0.5) is 32.0 Å². The molecule has 136 valence electrons. The van der Waals surface area contributed by atoms with E-state index in [1.54, 1.807) is 6.92 Å². The van der Waals surface area contributed by atoms with Crippen LogP contribution in [0.2, 0.25) is 0 Å². The molecular weight excluding hydrogens is 366 g/mol. The van der Waals surface area contributed by atoms with Gasteiger partial charge in [0.1, 0.15) is 0 Å². The first kappa shape index (κ1) is 19.3. The Kier molecular flexibility index (Phi) is 5.46. The summed E-state index contributed by atoms with van der Waals surface area (Å²) in [7, 11) is 0. The lowest BCUT2D eigenvalue weighted by molar-refractivity contribution is -0.143. The average molecular weight is 380 g/mol. The van der Waals surface area contributed by atoms with E-state index in [9.17, 15) is 26.3 Å². The van der Waals surface area contributed by atoms with E-state index >= 15 is 0 Å². The molecule has 9 heteroatoms. The fourth-order valence-corrected chi connectivity index (χ4v) is 2.57. The molecule has 1 aromatic rings. The molecule has 1 aliphatic rings. The van der Waals surface area contributed by atoms with Crippen molar-refractivity contribution in [1.82, 2.24) is 5.32 Å². The van der Waals surface area contributed by atoms with Gasteiger partial charge in [-0.25, -0.2) is 0 Å². The highest BCUT2D eigenvalue weighted by Gasteiger charge is 2.37. The molecule has 25 heavy (non-hydrogen) atoms. The molecule has 0 bridgehead atoms. The minimum atomic E-state index is -4.90. The van der Waals surface area contributed by atoms with Crippen LogP contribution in [0.15, 0.2) is 42.0 Å². The molecule has 0 aliphatic heterocycles. The summed E-state index contributed by atoms with van der Waals surface area (Å²) in [5.74, 6) is 0. The zero-order valence-electron chi connectivity index (χ0n) is 12.9. The van der Waals surface area contributed by atoms with Crippen molar-refractivity contribution in [2.45, 2.75) is 31.7 Å². The molecule has 0 heterocycles. The molecule has 0 fully saturated rings. The number of nitrogens with one attached hydrogen (secondary N) is 2. The number of alkyl halides is 6. The number of allylic oxidation sites excluding steroid dienone is 2. The van der Waals surface area contributed by atoms with Crippen LogP contribution >= 0.6 is 12.2 Å². The van der Waals surface area contributed by atoms with Crippen molar-refractivity contribution in [2.75, 3.05) is 5.32 Å². The first-order chi connectivity index (χ1) is 11.5. The fraction of sp³-hybridized carbons (Fsp3) is 0.312. The van der Waals surface area contributed by atoms with Gasteiger partial charge >= 0.3 is 12.4 Å². The quantitative estimate of drug-likeness (QED) is 0.551. The van der Waals surface area contributed by atoms with Gasteiger partial charge in [-0.2, -0.15) is 26.3 Å². The highest BCUT2D eigenvalue weighted by Crippen LogP contribution is 2.37. The molecule has 1 aliphatic carbocycles. The second kappa shape index (κ2) is 7.07. The number of rotatable bonds is 3. The SMILES string of the molecule is C[C@H](NC(=S)Nc1cc(C(F)(F)F)cc(C(F)(F)F)c1)C1=CCC=C1. The molecule has 0 spiro atoms. The molecule has 1 aromatic carbocycles. The molecule has 2 rings (SSSR count). The molecule has 2 N–H and O–H groups in total. The lowest BCUT2D eigenvalue weighted by Gasteiger charge is -2.19. The van der Waals surface area contributed by atoms with Gasteiger partial charge in [0.05, 0.1) is 17.2 Å². The van der Waals surface area contributed by atoms with Crippen LogP contribution in [0.1, 0.15) is 24.5 Å². The van der Waals surface area contributed by atoms with Crippen LogP contribution in [0.25, 0.3) is 0 Å². The van der Waals surface area contributed by atoms with E-state index in [0.717, 1.165) is 12.0 Å². The summed E-state index contributed by atoms with van der Waals surface area (Å²) in [6.07, 6.45) is -3.31. The molecule has 0 amide bonds. The Morgan fingerprint density at radius 3 is 2.04 bits per heavy atom. The summed E-state index contributed by atoms with van der Waals surface area (Å²) >= 11 is 4.99. The molecule has 1 atom stereocenters. The molecule has 0 saturated heterocycles. The van der Waals surface area contributed by atoms with Gasteiger partial charge in [0.25, 0.3) is 0 Å². The van der Waals surface area contributed by atoms with E-state index < -0.39 is 23.5 Å². The number of hydrogen-bond donors (Lipinski definition) is 2. The maximum Gasteiger partial charge on any atom is 0.416 e. The predicted octanol–water partition coefficient (Wildman–Crippen LogP) is 5.29. The summed E-state index contributed by atoms with van der Waals surface area (Å²) in [6, 6.07) is 1.01. The number of thiocarbonyl (C=S) groups is 1. The summed E-state index contributed by atoms with van der Waals surface area (Å²) in [4.78, 5) is 0. The lowest BCUT2D eigenvalue weighted by atomic mass is 10.1. The van der Waals surface area contributed by atoms with Crippen LogP contribution in [0.3, 0.4) is 0 Å². The van der Waals surface area contributed by atoms with Crippen LogP contribution in [0.5, 0.6) is 0 Å². The zero-order chi connectivity index (χ0) is 18.8. The van der Waals surface area contributed by atoms with Gasteiger partial charge in [0.2, 0.25) is 0 Å². The number of hydrogen-bond acceptors (Lipinski definition) is 1. The van der Waals surface area contributed by atoms with E-state index in [1.165, 1.54) is 0 Å².